The molecule has 0 unspecified atom stereocenters. The Kier molecular flexibility index (Phi) is 6.43. The molecule has 0 atom stereocenters. The van der Waals surface area contributed by atoms with Crippen LogP contribution in [0.3, 0.4) is 0 Å². The van der Waals surface area contributed by atoms with E-state index in [0.717, 1.165) is 18.4 Å². The second-order valence-corrected chi connectivity index (χ2v) is 10.0. The van der Waals surface area contributed by atoms with Crippen molar-refractivity contribution in [2.75, 3.05) is 26.2 Å². The van der Waals surface area contributed by atoms with Crippen LogP contribution >= 0.6 is 0 Å². The summed E-state index contributed by atoms with van der Waals surface area (Å²) in [5, 5.41) is 1.19. The molecule has 3 aromatic rings. The molecule has 32 heavy (non-hydrogen) atoms. The first-order valence-corrected chi connectivity index (χ1v) is 12.2. The topological polar surface area (TPSA) is 90.6 Å². The zero-order valence-corrected chi connectivity index (χ0v) is 18.9. The number of benzene rings is 2. The van der Waals surface area contributed by atoms with Crippen LogP contribution in [-0.4, -0.2) is 60.5 Å². The van der Waals surface area contributed by atoms with Crippen molar-refractivity contribution in [1.29, 1.82) is 0 Å². The summed E-state index contributed by atoms with van der Waals surface area (Å²) in [6, 6.07) is 14.1. The van der Waals surface area contributed by atoms with Crippen LogP contribution in [0, 0.1) is 0 Å². The zero-order chi connectivity index (χ0) is 22.7. The summed E-state index contributed by atoms with van der Waals surface area (Å²) >= 11 is 0. The molecule has 168 valence electrons. The Morgan fingerprint density at radius 2 is 1.66 bits per heavy atom. The smallest absolute Gasteiger partial charge is 0.243 e. The maximum absolute atomic E-state index is 12.9. The molecule has 1 saturated heterocycles. The van der Waals surface area contributed by atoms with E-state index >= 15 is 0 Å². The molecular weight excluding hydrogens is 426 g/mol. The van der Waals surface area contributed by atoms with Crippen molar-refractivity contribution in [3.8, 4) is 0 Å². The Morgan fingerprint density at radius 3 is 2.34 bits per heavy atom. The number of aromatic nitrogens is 1. The third kappa shape index (κ3) is 4.61. The van der Waals surface area contributed by atoms with Gasteiger partial charge in [0.1, 0.15) is 0 Å². The van der Waals surface area contributed by atoms with E-state index in [1.165, 1.54) is 46.4 Å². The summed E-state index contributed by atoms with van der Waals surface area (Å²) in [7, 11) is -3.64. The Labute approximate surface area is 188 Å². The van der Waals surface area contributed by atoms with Crippen LogP contribution in [0.25, 0.3) is 10.9 Å². The molecule has 0 radical (unpaired) electrons. The number of ketones is 1. The summed E-state index contributed by atoms with van der Waals surface area (Å²) in [6.07, 6.45) is 4.02. The number of H-pyrrole nitrogens is 1. The molecule has 1 fully saturated rings. The number of nitrogens with one attached hydrogen (secondary N) is 1. The molecule has 0 bridgehead atoms. The molecular formula is C24H27N3O4S. The fourth-order valence-corrected chi connectivity index (χ4v) is 5.54. The quantitative estimate of drug-likeness (QED) is 0.556. The lowest BCUT2D eigenvalue weighted by molar-refractivity contribution is -0.132. The number of amides is 1. The van der Waals surface area contributed by atoms with Gasteiger partial charge in [0.2, 0.25) is 15.9 Å². The zero-order valence-electron chi connectivity index (χ0n) is 18.1. The standard InChI is InChI=1S/C24H27N3O4S/c1-18(28)19-9-11-21(12-10-19)32(30,31)27-15-13-26(14-16-27)24(29)8-4-5-20-17-25-23-7-3-2-6-22(20)23/h2-3,6-7,9-12,17,25H,4-5,8,13-16H2,1H3. The number of aromatic amines is 1. The van der Waals surface area contributed by atoms with Gasteiger partial charge in [-0.15, -0.1) is 0 Å². The van der Waals surface area contributed by atoms with Gasteiger partial charge >= 0.3 is 0 Å². The number of Topliss-reactive ketones (excluding diaryl/α,β-unsaturated/α-hetero) is 1. The van der Waals surface area contributed by atoms with E-state index in [-0.39, 0.29) is 29.7 Å². The number of fused-ring (bicyclic) bond motifs is 1. The number of carbonyl (C=O) groups is 2. The lowest BCUT2D eigenvalue weighted by atomic mass is 10.1. The van der Waals surface area contributed by atoms with Gasteiger partial charge in [0.25, 0.3) is 0 Å². The number of nitrogens with zero attached hydrogens (tertiary/aromatic N) is 2. The van der Waals surface area contributed by atoms with Crippen LogP contribution in [0.15, 0.2) is 59.6 Å². The molecule has 1 aliphatic heterocycles. The number of sulfonamides is 1. The molecule has 4 rings (SSSR count). The highest BCUT2D eigenvalue weighted by Gasteiger charge is 2.30. The minimum atomic E-state index is -3.64. The lowest BCUT2D eigenvalue weighted by Crippen LogP contribution is -2.50. The summed E-state index contributed by atoms with van der Waals surface area (Å²) in [5.74, 6) is -0.0431. The number of hydrogen-bond acceptors (Lipinski definition) is 4. The minimum Gasteiger partial charge on any atom is -0.361 e. The van der Waals surface area contributed by atoms with Gasteiger partial charge in [0.15, 0.2) is 5.78 Å². The largest absolute Gasteiger partial charge is 0.361 e. The highest BCUT2D eigenvalue weighted by Crippen LogP contribution is 2.21. The monoisotopic (exact) mass is 453 g/mol. The van der Waals surface area contributed by atoms with Gasteiger partial charge in [-0.05, 0) is 43.5 Å². The normalized spacial score (nSPS) is 15.2. The highest BCUT2D eigenvalue weighted by atomic mass is 32.2. The maximum Gasteiger partial charge on any atom is 0.243 e. The Balaban J connectivity index is 1.29. The van der Waals surface area contributed by atoms with Crippen LogP contribution in [0.4, 0.5) is 0 Å². The predicted molar refractivity (Wildman–Crippen MR) is 123 cm³/mol. The van der Waals surface area contributed by atoms with Gasteiger partial charge in [-0.3, -0.25) is 9.59 Å². The molecule has 1 aliphatic rings. The summed E-state index contributed by atoms with van der Waals surface area (Å²) < 4.78 is 27.2. The molecule has 1 amide bonds. The SMILES string of the molecule is CC(=O)c1ccc(S(=O)(=O)N2CCN(C(=O)CCCc3c[nH]c4ccccc34)CC2)cc1. The number of para-hydroxylation sites is 1. The molecule has 1 aromatic heterocycles. The highest BCUT2D eigenvalue weighted by molar-refractivity contribution is 7.89. The molecule has 2 heterocycles. The first-order chi connectivity index (χ1) is 15.4. The van der Waals surface area contributed by atoms with Crippen LogP contribution in [-0.2, 0) is 21.2 Å². The molecule has 2 aromatic carbocycles. The first-order valence-electron chi connectivity index (χ1n) is 10.8. The van der Waals surface area contributed by atoms with Gasteiger partial charge in [0.05, 0.1) is 4.90 Å². The summed E-state index contributed by atoms with van der Waals surface area (Å²) in [5.41, 5.74) is 2.79. The van der Waals surface area contributed by atoms with Gasteiger partial charge in [-0.1, -0.05) is 30.3 Å². The number of aryl methyl sites for hydroxylation is 1. The molecule has 1 N–H and O–H groups in total. The minimum absolute atomic E-state index is 0.0627. The van der Waals surface area contributed by atoms with E-state index in [1.807, 2.05) is 24.4 Å². The third-order valence-electron chi connectivity index (χ3n) is 6.00. The van der Waals surface area contributed by atoms with Crippen molar-refractivity contribution in [3.05, 3.63) is 65.9 Å². The average Bonchev–Trinajstić information content (AvgIpc) is 3.22. The van der Waals surface area contributed by atoms with Crippen LogP contribution in [0.1, 0.15) is 35.7 Å². The Morgan fingerprint density at radius 1 is 0.969 bits per heavy atom. The molecule has 7 nitrogen and oxygen atoms in total. The van der Waals surface area contributed by atoms with Crippen molar-refractivity contribution < 1.29 is 18.0 Å². The lowest BCUT2D eigenvalue weighted by Gasteiger charge is -2.34. The van der Waals surface area contributed by atoms with Crippen molar-refractivity contribution in [2.24, 2.45) is 0 Å². The van der Waals surface area contributed by atoms with Crippen molar-refractivity contribution in [3.63, 3.8) is 0 Å². The van der Waals surface area contributed by atoms with Crippen molar-refractivity contribution in [1.82, 2.24) is 14.2 Å². The van der Waals surface area contributed by atoms with E-state index in [1.54, 1.807) is 4.90 Å². The van der Waals surface area contributed by atoms with Crippen LogP contribution in [0.5, 0.6) is 0 Å². The predicted octanol–water partition coefficient (Wildman–Crippen LogP) is 3.23. The van der Waals surface area contributed by atoms with E-state index in [4.69, 9.17) is 0 Å². The Bertz CT molecular complexity index is 1220. The van der Waals surface area contributed by atoms with E-state index in [9.17, 15) is 18.0 Å². The summed E-state index contributed by atoms with van der Waals surface area (Å²) in [6.45, 7) is 2.75. The molecule has 0 saturated carbocycles. The maximum atomic E-state index is 12.9. The number of rotatable bonds is 7. The number of carbonyl (C=O) groups excluding carboxylic acids is 2. The first kappa shape index (κ1) is 22.2. The van der Waals surface area contributed by atoms with E-state index in [0.29, 0.717) is 25.1 Å². The van der Waals surface area contributed by atoms with Crippen molar-refractivity contribution in [2.45, 2.75) is 31.1 Å². The van der Waals surface area contributed by atoms with E-state index < -0.39 is 10.0 Å². The Hall–Kier alpha value is -2.97. The third-order valence-corrected chi connectivity index (χ3v) is 7.91. The van der Waals surface area contributed by atoms with Crippen molar-refractivity contribution >= 4 is 32.6 Å². The van der Waals surface area contributed by atoms with Crippen LogP contribution < -0.4 is 0 Å². The van der Waals surface area contributed by atoms with Gasteiger partial charge in [-0.25, -0.2) is 8.42 Å². The molecule has 0 aliphatic carbocycles. The van der Waals surface area contributed by atoms with Gasteiger partial charge in [-0.2, -0.15) is 4.31 Å². The van der Waals surface area contributed by atoms with Crippen LogP contribution in [0.2, 0.25) is 0 Å². The second-order valence-electron chi connectivity index (χ2n) is 8.08. The van der Waals surface area contributed by atoms with Gasteiger partial charge < -0.3 is 9.88 Å². The van der Waals surface area contributed by atoms with Gasteiger partial charge in [0, 0.05) is 55.3 Å². The average molecular weight is 454 g/mol. The number of hydrogen-bond donors (Lipinski definition) is 1. The second kappa shape index (κ2) is 9.26. The fourth-order valence-electron chi connectivity index (χ4n) is 4.12. The molecule has 0 spiro atoms. The summed E-state index contributed by atoms with van der Waals surface area (Å²) in [4.78, 5) is 29.2. The fraction of sp³-hybridized carbons (Fsp3) is 0.333. The van der Waals surface area contributed by atoms with E-state index in [2.05, 4.69) is 11.1 Å². The molecule has 8 heteroatoms. The number of piperazine rings is 1.